The van der Waals surface area contributed by atoms with Gasteiger partial charge in [-0.15, -0.1) is 0 Å². The van der Waals surface area contributed by atoms with Crippen molar-refractivity contribution in [2.75, 3.05) is 7.11 Å². The van der Waals surface area contributed by atoms with E-state index in [0.717, 1.165) is 10.6 Å². The maximum atomic E-state index is 6.19. The van der Waals surface area contributed by atoms with Gasteiger partial charge in [-0.1, -0.05) is 23.4 Å². The average Bonchev–Trinajstić information content (AvgIpc) is 2.34. The number of halogens is 2. The van der Waals surface area contributed by atoms with Crippen LogP contribution in [0.1, 0.15) is 0 Å². The highest BCUT2D eigenvalue weighted by atomic mass is 127. The van der Waals surface area contributed by atoms with E-state index in [9.17, 15) is 0 Å². The van der Waals surface area contributed by atoms with Crippen LogP contribution in [0.2, 0.25) is 5.02 Å². The van der Waals surface area contributed by atoms with Gasteiger partial charge in [-0.05, 0) is 65.1 Å². The zero-order valence-electron chi connectivity index (χ0n) is 9.11. The van der Waals surface area contributed by atoms with Crippen molar-refractivity contribution >= 4 is 46.0 Å². The molecule has 0 amide bonds. The van der Waals surface area contributed by atoms with Crippen molar-refractivity contribution in [1.82, 2.24) is 0 Å². The van der Waals surface area contributed by atoms with Gasteiger partial charge in [0.2, 0.25) is 0 Å². The highest BCUT2D eigenvalue weighted by Gasteiger charge is 2.04. The summed E-state index contributed by atoms with van der Waals surface area (Å²) < 4.78 is 6.35. The third-order valence-electron chi connectivity index (χ3n) is 2.18. The van der Waals surface area contributed by atoms with E-state index in [1.807, 2.05) is 18.2 Å². The molecule has 0 saturated heterocycles. The molecule has 2 aromatic carbocycles. The molecule has 1 nitrogen and oxygen atoms in total. The molecule has 0 aliphatic rings. The van der Waals surface area contributed by atoms with Crippen LogP contribution in [0.25, 0.3) is 0 Å². The molecule has 0 heterocycles. The van der Waals surface area contributed by atoms with Gasteiger partial charge in [0.05, 0.1) is 12.1 Å². The molecule has 0 aliphatic heterocycles. The molecule has 0 bridgehead atoms. The second-order valence-electron chi connectivity index (χ2n) is 3.35. The van der Waals surface area contributed by atoms with Gasteiger partial charge in [0.15, 0.2) is 0 Å². The van der Waals surface area contributed by atoms with Crippen LogP contribution < -0.4 is 4.74 Å². The zero-order chi connectivity index (χ0) is 12.3. The summed E-state index contributed by atoms with van der Waals surface area (Å²) in [5.41, 5.74) is 0. The lowest BCUT2D eigenvalue weighted by atomic mass is 10.3. The molecule has 0 atom stereocenters. The predicted octanol–water partition coefficient (Wildman–Crippen LogP) is 5.10. The minimum Gasteiger partial charge on any atom is -0.497 e. The van der Waals surface area contributed by atoms with Crippen LogP contribution in [0.5, 0.6) is 5.75 Å². The molecule has 17 heavy (non-hydrogen) atoms. The molecule has 0 N–H and O–H groups in total. The van der Waals surface area contributed by atoms with Gasteiger partial charge in [0, 0.05) is 13.4 Å². The van der Waals surface area contributed by atoms with Crippen molar-refractivity contribution in [3.8, 4) is 5.75 Å². The van der Waals surface area contributed by atoms with Crippen LogP contribution in [0.15, 0.2) is 52.3 Å². The Hall–Kier alpha value is -0.390. The summed E-state index contributed by atoms with van der Waals surface area (Å²) in [6.07, 6.45) is 0. The van der Waals surface area contributed by atoms with E-state index in [-0.39, 0.29) is 0 Å². The zero-order valence-corrected chi connectivity index (χ0v) is 12.8. The van der Waals surface area contributed by atoms with Gasteiger partial charge in [0.1, 0.15) is 5.75 Å². The lowest BCUT2D eigenvalue weighted by Crippen LogP contribution is -1.83. The van der Waals surface area contributed by atoms with Gasteiger partial charge in [-0.2, -0.15) is 0 Å². The molecule has 0 aliphatic carbocycles. The van der Waals surface area contributed by atoms with Crippen molar-refractivity contribution in [1.29, 1.82) is 0 Å². The number of hydrogen-bond donors (Lipinski definition) is 0. The summed E-state index contributed by atoms with van der Waals surface area (Å²) in [6, 6.07) is 14.1. The number of benzene rings is 2. The Balaban J connectivity index is 2.21. The van der Waals surface area contributed by atoms with Crippen molar-refractivity contribution in [3.63, 3.8) is 0 Å². The fraction of sp³-hybridized carbons (Fsp3) is 0.0769. The summed E-state index contributed by atoms with van der Waals surface area (Å²) in [6.45, 7) is 0. The van der Waals surface area contributed by atoms with Gasteiger partial charge in [-0.3, -0.25) is 0 Å². The second-order valence-corrected chi connectivity index (χ2v) is 6.12. The largest absolute Gasteiger partial charge is 0.497 e. The summed E-state index contributed by atoms with van der Waals surface area (Å²) >= 11 is 10.1. The molecule has 0 spiro atoms. The molecular formula is C13H10ClIOS. The van der Waals surface area contributed by atoms with Crippen LogP contribution in [0.4, 0.5) is 0 Å². The first-order valence-electron chi connectivity index (χ1n) is 4.96. The van der Waals surface area contributed by atoms with E-state index in [0.29, 0.717) is 5.02 Å². The quantitative estimate of drug-likeness (QED) is 0.689. The van der Waals surface area contributed by atoms with E-state index in [4.69, 9.17) is 16.3 Å². The lowest BCUT2D eigenvalue weighted by Gasteiger charge is -2.06. The smallest absolute Gasteiger partial charge is 0.120 e. The van der Waals surface area contributed by atoms with E-state index in [2.05, 4.69) is 46.9 Å². The summed E-state index contributed by atoms with van der Waals surface area (Å²) in [4.78, 5) is 2.21. The Kier molecular flexibility index (Phi) is 4.59. The van der Waals surface area contributed by atoms with Crippen LogP contribution in [0, 0.1) is 3.57 Å². The second kappa shape index (κ2) is 5.98. The normalized spacial score (nSPS) is 10.3. The van der Waals surface area contributed by atoms with Gasteiger partial charge in [0.25, 0.3) is 0 Å². The van der Waals surface area contributed by atoms with Crippen LogP contribution in [-0.4, -0.2) is 7.11 Å². The fourth-order valence-electron chi connectivity index (χ4n) is 1.32. The minimum atomic E-state index is 0.716. The molecular weight excluding hydrogens is 367 g/mol. The first-order chi connectivity index (χ1) is 8.19. The summed E-state index contributed by atoms with van der Waals surface area (Å²) in [5, 5.41) is 0.716. The van der Waals surface area contributed by atoms with Gasteiger partial charge >= 0.3 is 0 Å². The highest BCUT2D eigenvalue weighted by molar-refractivity contribution is 14.1. The first-order valence-corrected chi connectivity index (χ1v) is 7.23. The molecule has 2 rings (SSSR count). The van der Waals surface area contributed by atoms with Crippen LogP contribution >= 0.6 is 46.0 Å². The summed E-state index contributed by atoms with van der Waals surface area (Å²) in [5.74, 6) is 0.780. The highest BCUT2D eigenvalue weighted by Crippen LogP contribution is 2.35. The molecule has 0 unspecified atom stereocenters. The van der Waals surface area contributed by atoms with Crippen molar-refractivity contribution in [3.05, 3.63) is 51.1 Å². The maximum absolute atomic E-state index is 6.19. The number of rotatable bonds is 3. The Morgan fingerprint density at radius 3 is 2.41 bits per heavy atom. The monoisotopic (exact) mass is 376 g/mol. The first kappa shape index (κ1) is 13.1. The molecule has 0 radical (unpaired) electrons. The van der Waals surface area contributed by atoms with E-state index in [1.165, 1.54) is 8.47 Å². The fourth-order valence-corrected chi connectivity index (χ4v) is 2.79. The van der Waals surface area contributed by atoms with Crippen LogP contribution in [0.3, 0.4) is 0 Å². The van der Waals surface area contributed by atoms with E-state index in [1.54, 1.807) is 18.9 Å². The molecule has 0 aromatic heterocycles. The van der Waals surface area contributed by atoms with Gasteiger partial charge in [-0.25, -0.2) is 0 Å². The Morgan fingerprint density at radius 2 is 1.82 bits per heavy atom. The number of hydrogen-bond acceptors (Lipinski definition) is 2. The third-order valence-corrected chi connectivity index (χ3v) is 4.41. The molecule has 88 valence electrons. The van der Waals surface area contributed by atoms with Crippen molar-refractivity contribution in [2.45, 2.75) is 9.79 Å². The van der Waals surface area contributed by atoms with Crippen molar-refractivity contribution in [2.24, 2.45) is 0 Å². The SMILES string of the molecule is COc1ccc(Sc2ccc(I)cc2)c(Cl)c1. The topological polar surface area (TPSA) is 9.23 Å². The number of methoxy groups -OCH3 is 1. The maximum Gasteiger partial charge on any atom is 0.120 e. The lowest BCUT2D eigenvalue weighted by molar-refractivity contribution is 0.414. The molecule has 4 heteroatoms. The Labute approximate surface area is 124 Å². The minimum absolute atomic E-state index is 0.716. The van der Waals surface area contributed by atoms with Crippen molar-refractivity contribution < 1.29 is 4.74 Å². The van der Waals surface area contributed by atoms with Gasteiger partial charge < -0.3 is 4.74 Å². The predicted molar refractivity (Wildman–Crippen MR) is 81.3 cm³/mol. The Bertz CT molecular complexity index is 513. The summed E-state index contributed by atoms with van der Waals surface area (Å²) in [7, 11) is 1.64. The Morgan fingerprint density at radius 1 is 1.12 bits per heavy atom. The average molecular weight is 377 g/mol. The number of ether oxygens (including phenoxy) is 1. The van der Waals surface area contributed by atoms with E-state index < -0.39 is 0 Å². The third kappa shape index (κ3) is 3.53. The molecule has 0 fully saturated rings. The standard InChI is InChI=1S/C13H10ClIOS/c1-16-10-4-7-13(12(14)8-10)17-11-5-2-9(15)3-6-11/h2-8H,1H3. The molecule has 0 saturated carbocycles. The van der Waals surface area contributed by atoms with Crippen LogP contribution in [-0.2, 0) is 0 Å². The van der Waals surface area contributed by atoms with E-state index >= 15 is 0 Å². The molecule has 2 aromatic rings.